The largest absolute Gasteiger partial charge is 0.378 e. The van der Waals surface area contributed by atoms with Crippen LogP contribution in [0.4, 0.5) is 0 Å². The Morgan fingerprint density at radius 3 is 2.81 bits per heavy atom. The molecule has 5 heteroatoms. The molecule has 1 rings (SSSR count). The molecule has 1 aromatic rings. The molecule has 0 saturated heterocycles. The highest BCUT2D eigenvalue weighted by molar-refractivity contribution is 7.09. The standard InChI is InChI=1S/C11H20N2O2S/c1-11(2,15-4)8-12-5-9-7-16-10(13-9)6-14-3/h7,12H,5-6,8H2,1-4H3. The van der Waals surface area contributed by atoms with Crippen LogP contribution in [0.15, 0.2) is 5.38 Å². The van der Waals surface area contributed by atoms with Gasteiger partial charge in [0.2, 0.25) is 0 Å². The number of ether oxygens (including phenoxy) is 2. The fraction of sp³-hybridized carbons (Fsp3) is 0.727. The van der Waals surface area contributed by atoms with Crippen molar-refractivity contribution in [3.63, 3.8) is 0 Å². The summed E-state index contributed by atoms with van der Waals surface area (Å²) in [4.78, 5) is 4.44. The molecule has 92 valence electrons. The van der Waals surface area contributed by atoms with Gasteiger partial charge in [-0.2, -0.15) is 0 Å². The van der Waals surface area contributed by atoms with Gasteiger partial charge in [0.05, 0.1) is 17.9 Å². The molecule has 0 bridgehead atoms. The predicted molar refractivity (Wildman–Crippen MR) is 65.6 cm³/mol. The number of methoxy groups -OCH3 is 2. The van der Waals surface area contributed by atoms with E-state index in [0.717, 1.165) is 23.8 Å². The number of aromatic nitrogens is 1. The fourth-order valence-corrected chi connectivity index (χ4v) is 1.95. The average molecular weight is 244 g/mol. The smallest absolute Gasteiger partial charge is 0.119 e. The summed E-state index contributed by atoms with van der Waals surface area (Å²) in [6, 6.07) is 0. The third kappa shape index (κ3) is 4.57. The number of thiazole rings is 1. The van der Waals surface area contributed by atoms with Crippen LogP contribution in [0, 0.1) is 0 Å². The van der Waals surface area contributed by atoms with E-state index in [4.69, 9.17) is 9.47 Å². The van der Waals surface area contributed by atoms with E-state index in [-0.39, 0.29) is 5.60 Å². The number of nitrogens with zero attached hydrogens (tertiary/aromatic N) is 1. The van der Waals surface area contributed by atoms with E-state index in [1.807, 2.05) is 0 Å². The van der Waals surface area contributed by atoms with Crippen LogP contribution < -0.4 is 5.32 Å². The van der Waals surface area contributed by atoms with Gasteiger partial charge in [-0.25, -0.2) is 4.98 Å². The lowest BCUT2D eigenvalue weighted by atomic mass is 10.1. The van der Waals surface area contributed by atoms with Gasteiger partial charge in [-0.3, -0.25) is 0 Å². The van der Waals surface area contributed by atoms with Crippen molar-refractivity contribution in [2.45, 2.75) is 32.6 Å². The Balaban J connectivity index is 2.31. The maximum atomic E-state index is 5.32. The number of hydrogen-bond acceptors (Lipinski definition) is 5. The van der Waals surface area contributed by atoms with Crippen molar-refractivity contribution in [3.8, 4) is 0 Å². The van der Waals surface area contributed by atoms with E-state index in [9.17, 15) is 0 Å². The van der Waals surface area contributed by atoms with Gasteiger partial charge < -0.3 is 14.8 Å². The molecule has 1 aromatic heterocycles. The Hall–Kier alpha value is -0.490. The van der Waals surface area contributed by atoms with Gasteiger partial charge in [-0.05, 0) is 13.8 Å². The fourth-order valence-electron chi connectivity index (χ4n) is 1.18. The number of rotatable bonds is 7. The molecule has 0 spiro atoms. The van der Waals surface area contributed by atoms with E-state index in [1.165, 1.54) is 0 Å². The van der Waals surface area contributed by atoms with Gasteiger partial charge in [0.25, 0.3) is 0 Å². The Morgan fingerprint density at radius 2 is 2.19 bits per heavy atom. The van der Waals surface area contributed by atoms with E-state index in [1.54, 1.807) is 25.6 Å². The van der Waals surface area contributed by atoms with Crippen molar-refractivity contribution < 1.29 is 9.47 Å². The molecular formula is C11H20N2O2S. The minimum absolute atomic E-state index is 0.134. The van der Waals surface area contributed by atoms with Gasteiger partial charge in [-0.1, -0.05) is 0 Å². The molecule has 0 aliphatic rings. The van der Waals surface area contributed by atoms with Crippen LogP contribution >= 0.6 is 11.3 Å². The molecule has 0 amide bonds. The van der Waals surface area contributed by atoms with Crippen LogP contribution in [0.1, 0.15) is 24.5 Å². The molecule has 0 unspecified atom stereocenters. The summed E-state index contributed by atoms with van der Waals surface area (Å²) in [7, 11) is 3.40. The molecular weight excluding hydrogens is 224 g/mol. The third-order valence-corrected chi connectivity index (χ3v) is 3.15. The minimum Gasteiger partial charge on any atom is -0.378 e. The Kier molecular flexibility index (Phi) is 5.34. The molecule has 0 aromatic carbocycles. The van der Waals surface area contributed by atoms with Gasteiger partial charge in [0.1, 0.15) is 5.01 Å². The van der Waals surface area contributed by atoms with Crippen molar-refractivity contribution in [1.29, 1.82) is 0 Å². The highest BCUT2D eigenvalue weighted by Crippen LogP contribution is 2.11. The molecule has 0 saturated carbocycles. The van der Waals surface area contributed by atoms with E-state index < -0.39 is 0 Å². The summed E-state index contributed by atoms with van der Waals surface area (Å²) in [6.45, 7) is 6.27. The molecule has 1 N–H and O–H groups in total. The Labute approximate surface area is 101 Å². The topological polar surface area (TPSA) is 43.4 Å². The van der Waals surface area contributed by atoms with Crippen LogP contribution in [-0.2, 0) is 22.6 Å². The van der Waals surface area contributed by atoms with Crippen LogP contribution in [-0.4, -0.2) is 31.3 Å². The lowest BCUT2D eigenvalue weighted by molar-refractivity contribution is 0.0230. The third-order valence-electron chi connectivity index (χ3n) is 2.28. The van der Waals surface area contributed by atoms with E-state index in [2.05, 4.69) is 29.5 Å². The zero-order chi connectivity index (χ0) is 12.0. The first-order chi connectivity index (χ1) is 7.57. The summed E-state index contributed by atoms with van der Waals surface area (Å²) in [5.41, 5.74) is 0.926. The summed E-state index contributed by atoms with van der Waals surface area (Å²) in [5.74, 6) is 0. The van der Waals surface area contributed by atoms with Crippen molar-refractivity contribution >= 4 is 11.3 Å². The van der Waals surface area contributed by atoms with Gasteiger partial charge >= 0.3 is 0 Å². The van der Waals surface area contributed by atoms with Crippen molar-refractivity contribution in [2.75, 3.05) is 20.8 Å². The molecule has 0 aliphatic heterocycles. The van der Waals surface area contributed by atoms with E-state index in [0.29, 0.717) is 6.61 Å². The summed E-state index contributed by atoms with van der Waals surface area (Å²) in [6.07, 6.45) is 0. The second-order valence-corrected chi connectivity index (χ2v) is 5.18. The van der Waals surface area contributed by atoms with Gasteiger partial charge in [-0.15, -0.1) is 11.3 Å². The van der Waals surface area contributed by atoms with Crippen LogP contribution in [0.25, 0.3) is 0 Å². The first-order valence-electron chi connectivity index (χ1n) is 5.25. The lowest BCUT2D eigenvalue weighted by Crippen LogP contribution is -2.36. The summed E-state index contributed by atoms with van der Waals surface area (Å²) in [5, 5.41) is 6.40. The highest BCUT2D eigenvalue weighted by Gasteiger charge is 2.15. The zero-order valence-corrected chi connectivity index (χ0v) is 11.2. The van der Waals surface area contributed by atoms with Crippen molar-refractivity contribution in [3.05, 3.63) is 16.1 Å². The zero-order valence-electron chi connectivity index (χ0n) is 10.4. The number of hydrogen-bond donors (Lipinski definition) is 1. The summed E-state index contributed by atoms with van der Waals surface area (Å²) >= 11 is 1.63. The number of nitrogens with one attached hydrogen (secondary N) is 1. The predicted octanol–water partition coefficient (Wildman–Crippen LogP) is 1.80. The molecule has 0 atom stereocenters. The summed E-state index contributed by atoms with van der Waals surface area (Å²) < 4.78 is 10.3. The van der Waals surface area contributed by atoms with Crippen LogP contribution in [0.5, 0.6) is 0 Å². The second-order valence-electron chi connectivity index (χ2n) is 4.23. The molecule has 0 radical (unpaired) electrons. The van der Waals surface area contributed by atoms with E-state index >= 15 is 0 Å². The highest BCUT2D eigenvalue weighted by atomic mass is 32.1. The van der Waals surface area contributed by atoms with Crippen molar-refractivity contribution in [2.24, 2.45) is 0 Å². The maximum Gasteiger partial charge on any atom is 0.119 e. The average Bonchev–Trinajstić information content (AvgIpc) is 2.66. The molecule has 4 nitrogen and oxygen atoms in total. The Morgan fingerprint density at radius 1 is 1.44 bits per heavy atom. The molecule has 0 fully saturated rings. The van der Waals surface area contributed by atoms with Gasteiger partial charge in [0, 0.05) is 32.7 Å². The second kappa shape index (κ2) is 6.30. The minimum atomic E-state index is -0.134. The van der Waals surface area contributed by atoms with Crippen molar-refractivity contribution in [1.82, 2.24) is 10.3 Å². The normalized spacial score (nSPS) is 12.0. The molecule has 16 heavy (non-hydrogen) atoms. The lowest BCUT2D eigenvalue weighted by Gasteiger charge is -2.22. The first kappa shape index (κ1) is 13.6. The monoisotopic (exact) mass is 244 g/mol. The molecule has 1 heterocycles. The van der Waals surface area contributed by atoms with Gasteiger partial charge in [0.15, 0.2) is 0 Å². The first-order valence-corrected chi connectivity index (χ1v) is 6.13. The SMILES string of the molecule is COCc1nc(CNCC(C)(C)OC)cs1. The Bertz CT molecular complexity index is 313. The van der Waals surface area contributed by atoms with Crippen LogP contribution in [0.2, 0.25) is 0 Å². The van der Waals surface area contributed by atoms with Crippen LogP contribution in [0.3, 0.4) is 0 Å². The quantitative estimate of drug-likeness (QED) is 0.794. The maximum absolute atomic E-state index is 5.32. The molecule has 0 aliphatic carbocycles.